The Kier molecular flexibility index (Phi) is 6.13. The van der Waals surface area contributed by atoms with E-state index in [1.807, 2.05) is 11.4 Å². The number of nitrogens with two attached hydrogens (primary N) is 1. The monoisotopic (exact) mass is 331 g/mol. The first kappa shape index (κ1) is 17.1. The second-order valence-electron chi connectivity index (χ2n) is 4.87. The molecule has 0 bridgehead atoms. The van der Waals surface area contributed by atoms with Gasteiger partial charge in [-0.1, -0.05) is 19.9 Å². The van der Waals surface area contributed by atoms with Crippen LogP contribution in [0.25, 0.3) is 0 Å². The third-order valence-electron chi connectivity index (χ3n) is 2.84. The normalized spacial score (nSPS) is 10.9. The molecule has 2 aromatic heterocycles. The molecule has 7 heteroatoms. The lowest BCUT2D eigenvalue weighted by Gasteiger charge is -2.23. The molecule has 0 fully saturated rings. The van der Waals surface area contributed by atoms with Gasteiger partial charge in [-0.3, -0.25) is 4.79 Å². The molecule has 2 heterocycles. The van der Waals surface area contributed by atoms with Crippen molar-refractivity contribution < 1.29 is 4.79 Å². The average Bonchev–Trinajstić information content (AvgIpc) is 3.06. The van der Waals surface area contributed by atoms with Crippen molar-refractivity contribution >= 4 is 41.0 Å². The quantitative estimate of drug-likeness (QED) is 0.885. The van der Waals surface area contributed by atoms with E-state index in [9.17, 15) is 4.79 Å². The van der Waals surface area contributed by atoms with Gasteiger partial charge in [-0.05, 0) is 11.4 Å². The molecular weight excluding hydrogens is 314 g/mol. The zero-order chi connectivity index (χ0) is 13.9. The first-order valence-electron chi connectivity index (χ1n) is 5.99. The molecule has 0 atom stereocenters. The number of carbonyl (C=O) groups is 1. The molecule has 0 saturated carbocycles. The van der Waals surface area contributed by atoms with E-state index in [1.165, 1.54) is 16.2 Å². The first-order chi connectivity index (χ1) is 9.03. The molecule has 0 spiro atoms. The maximum Gasteiger partial charge on any atom is 0.270 e. The van der Waals surface area contributed by atoms with Crippen molar-refractivity contribution in [1.29, 1.82) is 0 Å². The van der Waals surface area contributed by atoms with Crippen LogP contribution in [0.5, 0.6) is 0 Å². The van der Waals surface area contributed by atoms with Crippen molar-refractivity contribution in [3.05, 3.63) is 38.5 Å². The minimum Gasteiger partial charge on any atom is -0.350 e. The zero-order valence-corrected chi connectivity index (χ0v) is 13.8. The minimum atomic E-state index is -0.138. The topological polar surface area (TPSA) is 68.0 Å². The summed E-state index contributed by atoms with van der Waals surface area (Å²) in [5.41, 5.74) is 5.87. The maximum absolute atomic E-state index is 12.0. The van der Waals surface area contributed by atoms with E-state index in [1.54, 1.807) is 16.7 Å². The fourth-order valence-electron chi connectivity index (χ4n) is 1.65. The highest BCUT2D eigenvalue weighted by atomic mass is 35.5. The van der Waals surface area contributed by atoms with Crippen molar-refractivity contribution in [3.8, 4) is 0 Å². The molecule has 20 heavy (non-hydrogen) atoms. The summed E-state index contributed by atoms with van der Waals surface area (Å²) in [7, 11) is 0. The van der Waals surface area contributed by atoms with Crippen molar-refractivity contribution in [2.24, 2.45) is 5.73 Å². The third-order valence-corrected chi connectivity index (χ3v) is 4.95. The Balaban J connectivity index is 0.00000200. The molecule has 0 aliphatic heterocycles. The van der Waals surface area contributed by atoms with Gasteiger partial charge in [0, 0.05) is 28.8 Å². The van der Waals surface area contributed by atoms with Gasteiger partial charge >= 0.3 is 0 Å². The molecule has 1 amide bonds. The molecule has 3 N–H and O–H groups in total. The minimum absolute atomic E-state index is 0. The summed E-state index contributed by atoms with van der Waals surface area (Å²) in [4.78, 5) is 17.4. The number of rotatable bonds is 5. The van der Waals surface area contributed by atoms with Crippen LogP contribution in [-0.2, 0) is 12.0 Å². The first-order valence-corrected chi connectivity index (χ1v) is 7.75. The van der Waals surface area contributed by atoms with Gasteiger partial charge in [-0.15, -0.1) is 35.1 Å². The maximum atomic E-state index is 12.0. The molecule has 110 valence electrons. The lowest BCUT2D eigenvalue weighted by molar-refractivity contribution is 0.0941. The van der Waals surface area contributed by atoms with Crippen molar-refractivity contribution in [2.75, 3.05) is 6.54 Å². The second kappa shape index (κ2) is 7.17. The summed E-state index contributed by atoms with van der Waals surface area (Å²) >= 11 is 3.12. The van der Waals surface area contributed by atoms with Crippen molar-refractivity contribution in [3.63, 3.8) is 0 Å². The van der Waals surface area contributed by atoms with E-state index in [-0.39, 0.29) is 23.7 Å². The fourth-order valence-corrected chi connectivity index (χ4v) is 3.16. The van der Waals surface area contributed by atoms with E-state index in [0.717, 1.165) is 5.01 Å². The number of aromatic nitrogens is 1. The van der Waals surface area contributed by atoms with Crippen LogP contribution in [0.1, 0.15) is 34.2 Å². The summed E-state index contributed by atoms with van der Waals surface area (Å²) in [6.45, 7) is 5.19. The predicted octanol–water partition coefficient (Wildman–Crippen LogP) is 2.79. The number of thiophene rings is 1. The lowest BCUT2D eigenvalue weighted by atomic mass is 9.91. The zero-order valence-electron chi connectivity index (χ0n) is 11.4. The number of carbonyl (C=O) groups excluding carboxylic acids is 1. The van der Waals surface area contributed by atoms with Gasteiger partial charge in [0.1, 0.15) is 10.7 Å². The Labute approximate surface area is 132 Å². The summed E-state index contributed by atoms with van der Waals surface area (Å²) < 4.78 is 0. The van der Waals surface area contributed by atoms with Crippen LogP contribution in [-0.4, -0.2) is 17.4 Å². The number of nitrogens with zero attached hydrogens (tertiary/aromatic N) is 1. The van der Waals surface area contributed by atoms with Crippen LogP contribution >= 0.6 is 35.1 Å². The Bertz CT molecular complexity index is 552. The summed E-state index contributed by atoms with van der Waals surface area (Å²) in [5, 5.41) is 7.51. The van der Waals surface area contributed by atoms with E-state index in [4.69, 9.17) is 5.73 Å². The molecule has 0 aliphatic carbocycles. The van der Waals surface area contributed by atoms with Crippen LogP contribution in [0.4, 0.5) is 0 Å². The molecular formula is C13H18ClN3OS2. The summed E-state index contributed by atoms with van der Waals surface area (Å²) in [5.74, 6) is -0.138. The van der Waals surface area contributed by atoms with Crippen LogP contribution in [0.3, 0.4) is 0 Å². The lowest BCUT2D eigenvalue weighted by Crippen LogP contribution is -2.36. The van der Waals surface area contributed by atoms with Gasteiger partial charge in [0.15, 0.2) is 0 Å². The SMILES string of the molecule is CC(C)(CNC(=O)c1csc(CN)n1)c1cccs1.Cl. The molecule has 0 saturated heterocycles. The average molecular weight is 332 g/mol. The predicted molar refractivity (Wildman–Crippen MR) is 86.9 cm³/mol. The number of halogens is 1. The molecule has 0 unspecified atom stereocenters. The Morgan fingerprint density at radius 1 is 1.45 bits per heavy atom. The Morgan fingerprint density at radius 3 is 2.75 bits per heavy atom. The highest BCUT2D eigenvalue weighted by molar-refractivity contribution is 7.10. The number of hydrogen-bond acceptors (Lipinski definition) is 5. The summed E-state index contributed by atoms with van der Waals surface area (Å²) in [6, 6.07) is 4.11. The Morgan fingerprint density at radius 2 is 2.20 bits per heavy atom. The van der Waals surface area contributed by atoms with Gasteiger partial charge < -0.3 is 11.1 Å². The number of thiazole rings is 1. The van der Waals surface area contributed by atoms with E-state index in [0.29, 0.717) is 18.8 Å². The summed E-state index contributed by atoms with van der Waals surface area (Å²) in [6.07, 6.45) is 0. The van der Waals surface area contributed by atoms with Gasteiger partial charge in [-0.2, -0.15) is 0 Å². The van der Waals surface area contributed by atoms with E-state index in [2.05, 4.69) is 30.2 Å². The number of nitrogens with one attached hydrogen (secondary N) is 1. The smallest absolute Gasteiger partial charge is 0.270 e. The van der Waals surface area contributed by atoms with E-state index < -0.39 is 0 Å². The van der Waals surface area contributed by atoms with E-state index >= 15 is 0 Å². The van der Waals surface area contributed by atoms with Crippen LogP contribution in [0.15, 0.2) is 22.9 Å². The highest BCUT2D eigenvalue weighted by Gasteiger charge is 2.23. The molecule has 2 rings (SSSR count). The van der Waals surface area contributed by atoms with Crippen molar-refractivity contribution in [2.45, 2.75) is 25.8 Å². The largest absolute Gasteiger partial charge is 0.350 e. The molecule has 0 aliphatic rings. The van der Waals surface area contributed by atoms with Crippen molar-refractivity contribution in [1.82, 2.24) is 10.3 Å². The van der Waals surface area contributed by atoms with Crippen LogP contribution < -0.4 is 11.1 Å². The highest BCUT2D eigenvalue weighted by Crippen LogP contribution is 2.26. The molecule has 0 radical (unpaired) electrons. The third kappa shape index (κ3) is 4.02. The van der Waals surface area contributed by atoms with Crippen LogP contribution in [0.2, 0.25) is 0 Å². The molecule has 0 aromatic carbocycles. The van der Waals surface area contributed by atoms with Gasteiger partial charge in [0.25, 0.3) is 5.91 Å². The van der Waals surface area contributed by atoms with Gasteiger partial charge in [0.2, 0.25) is 0 Å². The van der Waals surface area contributed by atoms with Crippen LogP contribution in [0, 0.1) is 0 Å². The Hall–Kier alpha value is -0.950. The second-order valence-corrected chi connectivity index (χ2v) is 6.76. The van der Waals surface area contributed by atoms with Gasteiger partial charge in [-0.25, -0.2) is 4.98 Å². The molecule has 4 nitrogen and oxygen atoms in total. The number of amides is 1. The van der Waals surface area contributed by atoms with Gasteiger partial charge in [0.05, 0.1) is 0 Å². The number of hydrogen-bond donors (Lipinski definition) is 2. The fraction of sp³-hybridized carbons (Fsp3) is 0.385. The standard InChI is InChI=1S/C13H17N3OS2.ClH/c1-13(2,10-4-3-5-18-10)8-15-12(17)9-7-19-11(6-14)16-9;/h3-5,7H,6,8,14H2,1-2H3,(H,15,17);1H. The molecule has 2 aromatic rings.